The third kappa shape index (κ3) is 14.2. The summed E-state index contributed by atoms with van der Waals surface area (Å²) in [5, 5.41) is 91.1. The van der Waals surface area contributed by atoms with Crippen LogP contribution in [-0.4, -0.2) is 69.6 Å². The average Bonchev–Trinajstić information content (AvgIpc) is 3.31. The number of benzene rings is 8. The van der Waals surface area contributed by atoms with Gasteiger partial charge in [-0.05, 0) is 60.2 Å². The van der Waals surface area contributed by atoms with Crippen molar-refractivity contribution in [3.05, 3.63) is 157 Å². The van der Waals surface area contributed by atoms with E-state index in [9.17, 15) is 85.1 Å². The van der Waals surface area contributed by atoms with Gasteiger partial charge in [0.05, 0.1) is 25.7 Å². The molecule has 8 rings (SSSR count). The zero-order chi connectivity index (χ0) is 52.6. The molecule has 0 aliphatic rings. The standard InChI is InChI=1S/C23H17N5O11S2.C20H13N3O7S.Cr.3Na/c1-12-2-6-16(7-3-12)40(35,36)26-14-5-4-13-8-20(41(37,38)39)21(22(29)17(13)9-14)25-24-18-10-15(27(31)32)11-19(23(18)30)28(33)34;24-16-8-5-11-3-1-2-4-13(11)19(16)21-22-20-14-7-6-12(23(26)27)9-15(14)18(10-17(20)25)31(28,29)30;;;;/h2-11,26,29-30H,1H3,(H,37,38,39);1-10,24-25H,(H,28,29,30);;;;/q;;;3*+1. The SMILES string of the molecule is Cc1ccc(S(=O)(=O)Nc2ccc3cc(S(=O)(=O)O)c(N=Nc4cc([N+](=O)[O-])cc([N+](=O)[O-])c4O)c(O)c3c2)cc1.O=[N+]([O-])c1ccc2c(N=Nc3c(O)ccc4ccccc34)c(O)cc(S(=O)(=O)O)c2c1.[Cr].[Na+].[Na+].[Na+]. The van der Waals surface area contributed by atoms with E-state index in [2.05, 4.69) is 25.2 Å². The molecule has 8 aromatic carbocycles. The van der Waals surface area contributed by atoms with Gasteiger partial charge in [-0.1, -0.05) is 54.1 Å². The zero-order valence-corrected chi connectivity index (χ0v) is 49.1. The summed E-state index contributed by atoms with van der Waals surface area (Å²) >= 11 is 0. The molecule has 33 heteroatoms. The maximum Gasteiger partial charge on any atom is 1.00 e. The van der Waals surface area contributed by atoms with Crippen molar-refractivity contribution in [2.24, 2.45) is 20.5 Å². The molecule has 0 saturated heterocycles. The van der Waals surface area contributed by atoms with Crippen LogP contribution < -0.4 is 93.4 Å². The Bertz CT molecular complexity index is 4050. The van der Waals surface area contributed by atoms with Crippen LogP contribution in [0.2, 0.25) is 0 Å². The number of nitrogens with zero attached hydrogens (tertiary/aromatic N) is 7. The van der Waals surface area contributed by atoms with E-state index in [0.29, 0.717) is 17.5 Å². The normalized spacial score (nSPS) is 11.4. The molecule has 0 radical (unpaired) electrons. The number of non-ortho nitro benzene ring substituents is 2. The summed E-state index contributed by atoms with van der Waals surface area (Å²) < 4.78 is 94.8. The van der Waals surface area contributed by atoms with Crippen molar-refractivity contribution in [3.63, 3.8) is 0 Å². The van der Waals surface area contributed by atoms with Crippen LogP contribution in [0.3, 0.4) is 0 Å². The van der Waals surface area contributed by atoms with Crippen LogP contribution in [-0.2, 0) is 47.6 Å². The van der Waals surface area contributed by atoms with Crippen LogP contribution in [0.25, 0.3) is 32.3 Å². The number of nitro groups is 3. The van der Waals surface area contributed by atoms with Crippen molar-refractivity contribution in [3.8, 4) is 23.0 Å². The van der Waals surface area contributed by atoms with E-state index in [1.165, 1.54) is 36.4 Å². The minimum atomic E-state index is -5.09. The topological polar surface area (TPSA) is 415 Å². The van der Waals surface area contributed by atoms with Crippen LogP contribution in [0, 0.1) is 37.3 Å². The summed E-state index contributed by atoms with van der Waals surface area (Å²) in [7, 11) is -14.0. The number of fused-ring (bicyclic) bond motifs is 3. The number of rotatable bonds is 12. The minimum absolute atomic E-state index is 0. The van der Waals surface area contributed by atoms with Gasteiger partial charge in [0.15, 0.2) is 5.75 Å². The summed E-state index contributed by atoms with van der Waals surface area (Å²) in [5.74, 6) is -2.87. The molecule has 0 amide bonds. The van der Waals surface area contributed by atoms with Gasteiger partial charge in [-0.2, -0.15) is 16.8 Å². The molecule has 0 aromatic heterocycles. The smallest absolute Gasteiger partial charge is 0.506 e. The molecule has 0 bridgehead atoms. The van der Waals surface area contributed by atoms with Crippen LogP contribution in [0.4, 0.5) is 45.5 Å². The Morgan fingerprint density at radius 2 is 1.08 bits per heavy atom. The molecule has 76 heavy (non-hydrogen) atoms. The summed E-state index contributed by atoms with van der Waals surface area (Å²) in [6.45, 7) is 1.77. The largest absolute Gasteiger partial charge is 1.00 e. The van der Waals surface area contributed by atoms with E-state index < -0.39 is 101 Å². The second kappa shape index (κ2) is 25.6. The molecular formula is C43H30CrN8Na3O18S3+3. The van der Waals surface area contributed by atoms with E-state index in [0.717, 1.165) is 41.3 Å². The maximum atomic E-state index is 12.8. The van der Waals surface area contributed by atoms with Crippen molar-refractivity contribution in [2.75, 3.05) is 4.72 Å². The van der Waals surface area contributed by atoms with Crippen LogP contribution >= 0.6 is 0 Å². The predicted octanol–water partition coefficient (Wildman–Crippen LogP) is 0.823. The number of hydrogen-bond donors (Lipinski definition) is 7. The van der Waals surface area contributed by atoms with Crippen molar-refractivity contribution < 1.29 is 176 Å². The molecule has 0 heterocycles. The van der Waals surface area contributed by atoms with Gasteiger partial charge >= 0.3 is 94.4 Å². The van der Waals surface area contributed by atoms with Gasteiger partial charge < -0.3 is 20.4 Å². The quantitative estimate of drug-likeness (QED) is 0.0293. The number of phenolic OH excluding ortho intramolecular Hbond substituents is 4. The molecule has 0 atom stereocenters. The Morgan fingerprint density at radius 3 is 1.67 bits per heavy atom. The van der Waals surface area contributed by atoms with E-state index >= 15 is 0 Å². The Balaban J connectivity index is 0.000000392. The number of aryl methyl sites for hydroxylation is 1. The fourth-order valence-corrected chi connectivity index (χ4v) is 9.29. The number of azo groups is 2. The number of sulfonamides is 1. The van der Waals surface area contributed by atoms with Crippen molar-refractivity contribution in [1.82, 2.24) is 0 Å². The number of phenols is 4. The van der Waals surface area contributed by atoms with Crippen LogP contribution in [0.1, 0.15) is 5.56 Å². The van der Waals surface area contributed by atoms with Gasteiger partial charge in [-0.3, -0.25) is 44.2 Å². The molecule has 0 unspecified atom stereocenters. The van der Waals surface area contributed by atoms with Crippen LogP contribution in [0.15, 0.2) is 156 Å². The van der Waals surface area contributed by atoms with Gasteiger partial charge in [0.1, 0.15) is 44.0 Å². The molecule has 26 nitrogen and oxygen atoms in total. The summed E-state index contributed by atoms with van der Waals surface area (Å²) in [6, 6.07) is 25.7. The Morgan fingerprint density at radius 1 is 0.500 bits per heavy atom. The van der Waals surface area contributed by atoms with Crippen LogP contribution in [0.5, 0.6) is 23.0 Å². The first-order valence-electron chi connectivity index (χ1n) is 19.7. The molecule has 0 aliphatic carbocycles. The monoisotopic (exact) mass is 1160 g/mol. The van der Waals surface area contributed by atoms with Gasteiger partial charge in [-0.15, -0.1) is 20.5 Å². The first-order chi connectivity index (χ1) is 33.7. The Kier molecular flexibility index (Phi) is 21.7. The number of hydrogen-bond acceptors (Lipinski definition) is 20. The number of aromatic hydroxyl groups is 4. The van der Waals surface area contributed by atoms with Gasteiger partial charge in [-0.25, -0.2) is 8.42 Å². The first-order valence-corrected chi connectivity index (χ1v) is 24.1. The van der Waals surface area contributed by atoms with Gasteiger partial charge in [0.25, 0.3) is 41.6 Å². The number of anilines is 1. The molecule has 374 valence electrons. The third-order valence-electron chi connectivity index (χ3n) is 10.3. The van der Waals surface area contributed by atoms with Gasteiger partial charge in [0, 0.05) is 68.9 Å². The molecule has 0 aliphatic heterocycles. The second-order valence-corrected chi connectivity index (χ2v) is 19.5. The average molecular weight is 1160 g/mol. The summed E-state index contributed by atoms with van der Waals surface area (Å²) in [4.78, 5) is 28.9. The van der Waals surface area contributed by atoms with Crippen molar-refractivity contribution >= 4 is 108 Å². The maximum absolute atomic E-state index is 12.8. The molecule has 7 N–H and O–H groups in total. The second-order valence-electron chi connectivity index (χ2n) is 15.0. The molecule has 0 spiro atoms. The third-order valence-corrected chi connectivity index (χ3v) is 13.4. The predicted molar refractivity (Wildman–Crippen MR) is 255 cm³/mol. The summed E-state index contributed by atoms with van der Waals surface area (Å²) in [6.07, 6.45) is 0. The van der Waals surface area contributed by atoms with E-state index in [1.807, 2.05) is 0 Å². The fourth-order valence-electron chi connectivity index (χ4n) is 6.88. The molecule has 0 fully saturated rings. The summed E-state index contributed by atoms with van der Waals surface area (Å²) in [5.41, 5.74) is -3.41. The van der Waals surface area contributed by atoms with E-state index in [-0.39, 0.29) is 155 Å². The zero-order valence-electron chi connectivity index (χ0n) is 39.4. The number of nitrogens with one attached hydrogen (secondary N) is 1. The van der Waals surface area contributed by atoms with E-state index in [4.69, 9.17) is 0 Å². The fraction of sp³-hybridized carbons (Fsp3) is 0.0233. The van der Waals surface area contributed by atoms with Crippen molar-refractivity contribution in [1.29, 1.82) is 0 Å². The first kappa shape index (κ1) is 64.5. The minimum Gasteiger partial charge on any atom is -0.506 e. The molecule has 8 aromatic rings. The molecular weight excluding hydrogens is 1130 g/mol. The number of nitro benzene ring substituents is 3. The van der Waals surface area contributed by atoms with Gasteiger partial charge in [0.2, 0.25) is 5.75 Å². The Labute approximate surface area is 505 Å². The molecule has 0 saturated carbocycles. The van der Waals surface area contributed by atoms with E-state index in [1.54, 1.807) is 49.4 Å². The Hall–Kier alpha value is -5.76. The van der Waals surface area contributed by atoms with Crippen molar-refractivity contribution in [2.45, 2.75) is 21.6 Å².